The molecule has 1 amide bonds. The van der Waals surface area contributed by atoms with Crippen LogP contribution in [0.1, 0.15) is 32.9 Å². The van der Waals surface area contributed by atoms with Crippen molar-refractivity contribution in [2.45, 2.75) is 27.3 Å². The number of nitrogens with one attached hydrogen (secondary N) is 2. The van der Waals surface area contributed by atoms with Gasteiger partial charge < -0.3 is 10.1 Å². The van der Waals surface area contributed by atoms with Crippen LogP contribution in [0.15, 0.2) is 47.5 Å². The molecule has 3 aromatic rings. The number of hydrogen-bond acceptors (Lipinski definition) is 4. The summed E-state index contributed by atoms with van der Waals surface area (Å²) in [5, 5.41) is 11.0. The Hall–Kier alpha value is -3.32. The number of anilines is 1. The molecule has 0 aliphatic carbocycles. The lowest BCUT2D eigenvalue weighted by atomic mass is 10.1. The second-order valence-electron chi connectivity index (χ2n) is 7.18. The Morgan fingerprint density at radius 1 is 1.19 bits per heavy atom. The van der Waals surface area contributed by atoms with Crippen molar-refractivity contribution in [2.75, 3.05) is 12.4 Å². The Balaban J connectivity index is 1.94. The van der Waals surface area contributed by atoms with Crippen LogP contribution in [-0.4, -0.2) is 28.8 Å². The van der Waals surface area contributed by atoms with E-state index in [0.29, 0.717) is 28.6 Å². The van der Waals surface area contributed by atoms with Gasteiger partial charge in [0.15, 0.2) is 0 Å². The van der Waals surface area contributed by atoms with Gasteiger partial charge in [0.05, 0.1) is 25.0 Å². The van der Waals surface area contributed by atoms with Gasteiger partial charge in [-0.15, -0.1) is 0 Å². The molecule has 1 heterocycles. The van der Waals surface area contributed by atoms with Crippen LogP contribution in [0.5, 0.6) is 5.75 Å². The minimum Gasteiger partial charge on any atom is -0.495 e. The summed E-state index contributed by atoms with van der Waals surface area (Å²) in [5.74, 6) is 0.609. The number of carbonyl (C=O) groups is 1. The predicted octanol–water partition coefficient (Wildman–Crippen LogP) is 4.41. The molecule has 0 unspecified atom stereocenters. The maximum atomic E-state index is 12.9. The van der Waals surface area contributed by atoms with Crippen molar-refractivity contribution in [3.05, 3.63) is 75.6 Å². The van der Waals surface area contributed by atoms with Crippen molar-refractivity contribution in [3.63, 3.8) is 0 Å². The molecule has 0 radical (unpaired) electrons. The zero-order valence-electron chi connectivity index (χ0n) is 18.3. The van der Waals surface area contributed by atoms with Crippen molar-refractivity contribution >= 4 is 29.2 Å². The summed E-state index contributed by atoms with van der Waals surface area (Å²) in [4.78, 5) is 17.6. The Morgan fingerprint density at radius 3 is 2.58 bits per heavy atom. The molecule has 162 valence electrons. The first kappa shape index (κ1) is 22.4. The quantitative estimate of drug-likeness (QED) is 0.456. The van der Waals surface area contributed by atoms with Gasteiger partial charge in [-0.2, -0.15) is 5.10 Å². The fraction of sp³-hybridized carbons (Fsp3) is 0.261. The monoisotopic (exact) mass is 439 g/mol. The Kier molecular flexibility index (Phi) is 6.97. The summed E-state index contributed by atoms with van der Waals surface area (Å²) >= 11 is 6.16. The van der Waals surface area contributed by atoms with Crippen LogP contribution in [0.2, 0.25) is 5.02 Å². The van der Waals surface area contributed by atoms with Gasteiger partial charge in [-0.1, -0.05) is 29.8 Å². The van der Waals surface area contributed by atoms with E-state index in [-0.39, 0.29) is 11.9 Å². The van der Waals surface area contributed by atoms with Gasteiger partial charge in [0.25, 0.3) is 5.91 Å². The number of halogens is 1. The first-order valence-corrected chi connectivity index (χ1v) is 10.2. The van der Waals surface area contributed by atoms with Crippen LogP contribution >= 0.6 is 11.6 Å². The minimum absolute atomic E-state index is 0.259. The third-order valence-corrected chi connectivity index (χ3v) is 5.33. The van der Waals surface area contributed by atoms with Gasteiger partial charge in [-0.05, 0) is 50.6 Å². The number of hydrogen-bond donors (Lipinski definition) is 2. The number of guanidine groups is 1. The number of nitrogens with zero attached hydrogens (tertiary/aromatic N) is 3. The summed E-state index contributed by atoms with van der Waals surface area (Å²) in [7, 11) is 3.46. The molecule has 0 spiro atoms. The van der Waals surface area contributed by atoms with E-state index in [4.69, 9.17) is 16.3 Å². The number of amides is 1. The molecule has 3 rings (SSSR count). The fourth-order valence-electron chi connectivity index (χ4n) is 3.22. The fourth-order valence-corrected chi connectivity index (χ4v) is 3.39. The van der Waals surface area contributed by atoms with Crippen LogP contribution < -0.4 is 15.4 Å². The average molecular weight is 440 g/mol. The molecule has 0 atom stereocenters. The van der Waals surface area contributed by atoms with E-state index < -0.39 is 0 Å². The van der Waals surface area contributed by atoms with E-state index in [0.717, 1.165) is 22.5 Å². The summed E-state index contributed by atoms with van der Waals surface area (Å²) in [5.41, 5.74) is 4.96. The van der Waals surface area contributed by atoms with Crippen molar-refractivity contribution in [2.24, 2.45) is 12.0 Å². The number of methoxy groups -OCH3 is 1. The maximum Gasteiger partial charge on any atom is 0.258 e. The molecule has 7 nitrogen and oxygen atoms in total. The van der Waals surface area contributed by atoms with E-state index in [1.54, 1.807) is 31.4 Å². The second kappa shape index (κ2) is 9.66. The number of aliphatic imine (C=N–C) groups is 1. The summed E-state index contributed by atoms with van der Waals surface area (Å²) in [6.45, 7) is 6.17. The number of rotatable bonds is 5. The molecule has 0 fully saturated rings. The largest absolute Gasteiger partial charge is 0.495 e. The molecule has 2 N–H and O–H groups in total. The van der Waals surface area contributed by atoms with Gasteiger partial charge in [0, 0.05) is 28.9 Å². The lowest BCUT2D eigenvalue weighted by Gasteiger charge is -2.15. The first-order chi connectivity index (χ1) is 14.8. The van der Waals surface area contributed by atoms with Crippen LogP contribution in [0.4, 0.5) is 5.69 Å². The van der Waals surface area contributed by atoms with Crippen molar-refractivity contribution < 1.29 is 9.53 Å². The highest BCUT2D eigenvalue weighted by atomic mass is 35.5. The first-order valence-electron chi connectivity index (χ1n) is 9.81. The second-order valence-corrected chi connectivity index (χ2v) is 7.61. The molecule has 0 saturated heterocycles. The third kappa shape index (κ3) is 5.24. The van der Waals surface area contributed by atoms with E-state index in [1.807, 2.05) is 50.7 Å². The average Bonchev–Trinajstić information content (AvgIpc) is 2.97. The highest BCUT2D eigenvalue weighted by Gasteiger charge is 2.15. The van der Waals surface area contributed by atoms with E-state index >= 15 is 0 Å². The molecular formula is C23H26ClN5O2. The van der Waals surface area contributed by atoms with Crippen LogP contribution in [-0.2, 0) is 13.6 Å². The molecule has 8 heteroatoms. The highest BCUT2D eigenvalue weighted by molar-refractivity contribution is 6.31. The smallest absolute Gasteiger partial charge is 0.258 e. The summed E-state index contributed by atoms with van der Waals surface area (Å²) in [6, 6.07) is 12.6. The van der Waals surface area contributed by atoms with E-state index in [1.165, 1.54) is 0 Å². The van der Waals surface area contributed by atoms with Crippen molar-refractivity contribution in [1.82, 2.24) is 15.1 Å². The van der Waals surface area contributed by atoms with Gasteiger partial charge in [-0.3, -0.25) is 14.8 Å². The number of aromatic nitrogens is 2. The van der Waals surface area contributed by atoms with Crippen LogP contribution in [0, 0.1) is 20.8 Å². The van der Waals surface area contributed by atoms with E-state index in [2.05, 4.69) is 20.7 Å². The van der Waals surface area contributed by atoms with Gasteiger partial charge in [-0.25, -0.2) is 4.99 Å². The van der Waals surface area contributed by atoms with Gasteiger partial charge >= 0.3 is 0 Å². The highest BCUT2D eigenvalue weighted by Crippen LogP contribution is 2.27. The predicted molar refractivity (Wildman–Crippen MR) is 124 cm³/mol. The zero-order valence-corrected chi connectivity index (χ0v) is 19.0. The number of carbonyl (C=O) groups excluding carboxylic acids is 1. The lowest BCUT2D eigenvalue weighted by molar-refractivity contribution is 0.0976. The standard InChI is InChI=1S/C23H26ClN5O2/c1-14-8-6-7-9-18(14)22(30)27-23(25-13-19-15(2)28-29(4)16(19)3)26-20-12-17(24)10-11-21(20)31-5/h6-12H,13H2,1-5H3,(H2,25,26,27,30). The summed E-state index contributed by atoms with van der Waals surface area (Å²) < 4.78 is 7.23. The maximum absolute atomic E-state index is 12.9. The molecule has 0 saturated carbocycles. The molecule has 31 heavy (non-hydrogen) atoms. The normalized spacial score (nSPS) is 11.4. The van der Waals surface area contributed by atoms with Crippen LogP contribution in [0.3, 0.4) is 0 Å². The molecule has 1 aromatic heterocycles. The number of ether oxygens (including phenoxy) is 1. The SMILES string of the molecule is COc1ccc(Cl)cc1NC(=NCc1c(C)nn(C)c1C)NC(=O)c1ccccc1C. The number of benzene rings is 2. The summed E-state index contributed by atoms with van der Waals surface area (Å²) in [6.07, 6.45) is 0. The molecule has 0 aliphatic heterocycles. The third-order valence-electron chi connectivity index (χ3n) is 5.09. The van der Waals surface area contributed by atoms with E-state index in [9.17, 15) is 4.79 Å². The lowest BCUT2D eigenvalue weighted by Crippen LogP contribution is -2.36. The van der Waals surface area contributed by atoms with Crippen molar-refractivity contribution in [1.29, 1.82) is 0 Å². The molecule has 2 aromatic carbocycles. The Bertz CT molecular complexity index is 1140. The molecular weight excluding hydrogens is 414 g/mol. The Labute approximate surface area is 187 Å². The van der Waals surface area contributed by atoms with Gasteiger partial charge in [0.1, 0.15) is 5.75 Å². The number of aryl methyl sites for hydroxylation is 3. The zero-order chi connectivity index (χ0) is 22.5. The molecule has 0 aliphatic rings. The van der Waals surface area contributed by atoms with Crippen LogP contribution in [0.25, 0.3) is 0 Å². The minimum atomic E-state index is -0.259. The molecule has 0 bridgehead atoms. The Morgan fingerprint density at radius 2 is 1.94 bits per heavy atom. The topological polar surface area (TPSA) is 80.5 Å². The van der Waals surface area contributed by atoms with Gasteiger partial charge in [0.2, 0.25) is 5.96 Å². The van der Waals surface area contributed by atoms with Crippen molar-refractivity contribution in [3.8, 4) is 5.75 Å².